The Balaban J connectivity index is 1.93. The van der Waals surface area contributed by atoms with Crippen LogP contribution < -0.4 is 0 Å². The molecule has 1 N–H and O–H groups in total. The van der Waals surface area contributed by atoms with Crippen molar-refractivity contribution in [2.24, 2.45) is 17.8 Å². The minimum absolute atomic E-state index is 0.0812. The number of carbonyl (C=O) groups is 3. The maximum Gasteiger partial charge on any atom is 0.313 e. The monoisotopic (exact) mass is 432 g/mol. The van der Waals surface area contributed by atoms with Crippen LogP contribution in [0.3, 0.4) is 0 Å². The molecule has 1 spiro atoms. The lowest BCUT2D eigenvalue weighted by Crippen LogP contribution is -2.60. The molecule has 2 saturated heterocycles. The topological polar surface area (TPSA) is 96.4 Å². The minimum Gasteiger partial charge on any atom is -0.461 e. The molecule has 0 bridgehead atoms. The smallest absolute Gasteiger partial charge is 0.313 e. The Bertz CT molecular complexity index is 851. The summed E-state index contributed by atoms with van der Waals surface area (Å²) in [6, 6.07) is -1.62. The van der Waals surface area contributed by atoms with Gasteiger partial charge in [-0.1, -0.05) is 32.1 Å². The molecule has 6 atom stereocenters. The number of fused-ring (bicyclic) bond motifs is 2. The van der Waals surface area contributed by atoms with Crippen LogP contribution in [0, 0.1) is 17.8 Å². The highest BCUT2D eigenvalue weighted by molar-refractivity contribution is 5.99. The first-order chi connectivity index (χ1) is 14.6. The molecule has 31 heavy (non-hydrogen) atoms. The third-order valence-corrected chi connectivity index (χ3v) is 7.22. The number of ether oxygens (including phenoxy) is 2. The first kappa shape index (κ1) is 22.0. The third kappa shape index (κ3) is 2.98. The Morgan fingerprint density at radius 1 is 1.10 bits per heavy atom. The van der Waals surface area contributed by atoms with Gasteiger partial charge in [0.2, 0.25) is 11.8 Å². The molecule has 4 aliphatic rings. The maximum absolute atomic E-state index is 13.9. The van der Waals surface area contributed by atoms with Crippen molar-refractivity contribution in [1.29, 1.82) is 0 Å². The predicted molar refractivity (Wildman–Crippen MR) is 112 cm³/mol. The zero-order chi connectivity index (χ0) is 22.7. The lowest BCUT2D eigenvalue weighted by molar-refractivity contribution is -0.161. The summed E-state index contributed by atoms with van der Waals surface area (Å²) in [7, 11) is 0. The van der Waals surface area contributed by atoms with Gasteiger partial charge in [-0.05, 0) is 32.8 Å². The minimum atomic E-state index is -1.31. The summed E-state index contributed by atoms with van der Waals surface area (Å²) in [5.41, 5.74) is -2.37. The van der Waals surface area contributed by atoms with Gasteiger partial charge in [0, 0.05) is 12.6 Å². The molecule has 0 aliphatic carbocycles. The van der Waals surface area contributed by atoms with Gasteiger partial charge in [-0.25, -0.2) is 0 Å². The lowest BCUT2D eigenvalue weighted by Gasteiger charge is -2.41. The molecule has 8 nitrogen and oxygen atoms in total. The molecule has 4 heterocycles. The van der Waals surface area contributed by atoms with Crippen LogP contribution in [0.5, 0.6) is 0 Å². The highest BCUT2D eigenvalue weighted by atomic mass is 16.6. The summed E-state index contributed by atoms with van der Waals surface area (Å²) in [5.74, 6) is -2.95. The zero-order valence-corrected chi connectivity index (χ0v) is 18.8. The van der Waals surface area contributed by atoms with Crippen molar-refractivity contribution in [2.75, 3.05) is 19.8 Å². The molecule has 0 aromatic carbocycles. The molecule has 0 aromatic heterocycles. The number of esters is 1. The highest BCUT2D eigenvalue weighted by Crippen LogP contribution is 2.57. The van der Waals surface area contributed by atoms with Gasteiger partial charge in [0.05, 0.1) is 24.2 Å². The maximum atomic E-state index is 13.9. The molecular formula is C23H32N2O6. The van der Waals surface area contributed by atoms with E-state index < -0.39 is 41.1 Å². The van der Waals surface area contributed by atoms with Gasteiger partial charge in [0.15, 0.2) is 0 Å². The quantitative estimate of drug-likeness (QED) is 0.524. The van der Waals surface area contributed by atoms with E-state index in [9.17, 15) is 19.5 Å². The SMILES string of the molecule is CC(C)[C@H](CO)N1C(=O)[C@@H]2[C@@H]3C(=O)OCC=C[C@]3(C)O[C@@]23C=CCN(C(C)C)C(=O)C13. The molecule has 170 valence electrons. The number of nitrogens with zero attached hydrogens (tertiary/aromatic N) is 2. The molecular weight excluding hydrogens is 400 g/mol. The molecule has 4 aliphatic heterocycles. The lowest BCUT2D eigenvalue weighted by atomic mass is 9.75. The van der Waals surface area contributed by atoms with Crippen molar-refractivity contribution in [2.45, 2.75) is 63.9 Å². The Morgan fingerprint density at radius 3 is 2.42 bits per heavy atom. The number of aliphatic hydroxyl groups excluding tert-OH is 1. The molecule has 8 heteroatoms. The second kappa shape index (κ2) is 7.45. The fourth-order valence-electron chi connectivity index (χ4n) is 5.75. The number of aliphatic hydroxyl groups is 1. The molecule has 0 aromatic rings. The fourth-order valence-corrected chi connectivity index (χ4v) is 5.75. The van der Waals surface area contributed by atoms with E-state index in [2.05, 4.69) is 0 Å². The Hall–Kier alpha value is -2.19. The summed E-state index contributed by atoms with van der Waals surface area (Å²) in [6.07, 6.45) is 7.16. The summed E-state index contributed by atoms with van der Waals surface area (Å²) in [5, 5.41) is 10.2. The molecule has 2 amide bonds. The van der Waals surface area contributed by atoms with Crippen molar-refractivity contribution in [3.8, 4) is 0 Å². The summed E-state index contributed by atoms with van der Waals surface area (Å²) < 4.78 is 12.0. The number of likely N-dealkylation sites (tertiary alicyclic amines) is 1. The van der Waals surface area contributed by atoms with E-state index >= 15 is 0 Å². The molecule has 1 unspecified atom stereocenters. The predicted octanol–water partition coefficient (Wildman–Crippen LogP) is 0.894. The number of hydrogen-bond acceptors (Lipinski definition) is 6. The van der Waals surface area contributed by atoms with Crippen molar-refractivity contribution in [3.63, 3.8) is 0 Å². The van der Waals surface area contributed by atoms with Crippen LogP contribution in [-0.4, -0.2) is 81.8 Å². The van der Waals surface area contributed by atoms with E-state index in [1.54, 1.807) is 30.1 Å². The van der Waals surface area contributed by atoms with E-state index in [-0.39, 0.29) is 37.0 Å². The van der Waals surface area contributed by atoms with Crippen LogP contribution >= 0.6 is 0 Å². The Morgan fingerprint density at radius 2 is 1.81 bits per heavy atom. The van der Waals surface area contributed by atoms with Gasteiger partial charge in [-0.15, -0.1) is 0 Å². The van der Waals surface area contributed by atoms with E-state index in [1.807, 2.05) is 33.8 Å². The van der Waals surface area contributed by atoms with Gasteiger partial charge in [0.25, 0.3) is 0 Å². The second-order valence-corrected chi connectivity index (χ2v) is 9.76. The average molecular weight is 433 g/mol. The molecule has 0 saturated carbocycles. The van der Waals surface area contributed by atoms with Gasteiger partial charge >= 0.3 is 5.97 Å². The van der Waals surface area contributed by atoms with E-state index in [0.29, 0.717) is 6.54 Å². The van der Waals surface area contributed by atoms with Crippen molar-refractivity contribution >= 4 is 17.8 Å². The average Bonchev–Trinajstić information content (AvgIpc) is 2.93. The molecule has 4 rings (SSSR count). The third-order valence-electron chi connectivity index (χ3n) is 7.22. The number of carbonyl (C=O) groups excluding carboxylic acids is 3. The van der Waals surface area contributed by atoms with Crippen molar-refractivity contribution in [1.82, 2.24) is 9.80 Å². The van der Waals surface area contributed by atoms with Crippen LogP contribution in [0.15, 0.2) is 24.3 Å². The van der Waals surface area contributed by atoms with E-state index in [0.717, 1.165) is 0 Å². The van der Waals surface area contributed by atoms with Crippen LogP contribution in [0.25, 0.3) is 0 Å². The van der Waals surface area contributed by atoms with Gasteiger partial charge in [0.1, 0.15) is 24.2 Å². The largest absolute Gasteiger partial charge is 0.461 e. The summed E-state index contributed by atoms with van der Waals surface area (Å²) in [6.45, 7) is 9.66. The molecule has 2 fully saturated rings. The van der Waals surface area contributed by atoms with Crippen LogP contribution in [0.2, 0.25) is 0 Å². The Kier molecular flexibility index (Phi) is 5.29. The standard InChI is InChI=1S/C23H32N2O6/c1-13(2)15(12-26)25-18-20(28)24(14(3)4)10-6-9-23(18)16(19(25)27)17-21(29)30-11-7-8-22(17,5)31-23/h6-9,13-18,26H,10-12H2,1-5H3/t15-,16-,17+,18?,22-,23-/m0/s1. The van der Waals surface area contributed by atoms with Gasteiger partial charge in [-0.2, -0.15) is 0 Å². The highest BCUT2D eigenvalue weighted by Gasteiger charge is 2.75. The summed E-state index contributed by atoms with van der Waals surface area (Å²) >= 11 is 0. The number of cyclic esters (lactones) is 1. The van der Waals surface area contributed by atoms with Gasteiger partial charge < -0.3 is 24.4 Å². The number of hydrogen-bond donors (Lipinski definition) is 1. The Labute approximate surface area is 182 Å². The normalized spacial score (nSPS) is 38.2. The molecule has 0 radical (unpaired) electrons. The van der Waals surface area contributed by atoms with E-state index in [4.69, 9.17) is 9.47 Å². The van der Waals surface area contributed by atoms with Gasteiger partial charge in [-0.3, -0.25) is 14.4 Å². The van der Waals surface area contributed by atoms with E-state index in [1.165, 1.54) is 4.90 Å². The van der Waals surface area contributed by atoms with Crippen molar-refractivity contribution in [3.05, 3.63) is 24.3 Å². The zero-order valence-electron chi connectivity index (χ0n) is 18.8. The van der Waals surface area contributed by atoms with Crippen LogP contribution in [0.1, 0.15) is 34.6 Å². The van der Waals surface area contributed by atoms with Crippen LogP contribution in [0.4, 0.5) is 0 Å². The number of amides is 2. The fraction of sp³-hybridized carbons (Fsp3) is 0.696. The van der Waals surface area contributed by atoms with Crippen LogP contribution in [-0.2, 0) is 23.9 Å². The first-order valence-electron chi connectivity index (χ1n) is 11.0. The second-order valence-electron chi connectivity index (χ2n) is 9.76. The first-order valence-corrected chi connectivity index (χ1v) is 11.0. The number of rotatable bonds is 4. The summed E-state index contributed by atoms with van der Waals surface area (Å²) in [4.78, 5) is 44.0. The van der Waals surface area contributed by atoms with Crippen molar-refractivity contribution < 1.29 is 29.0 Å².